The quantitative estimate of drug-likeness (QED) is 0.750. The predicted octanol–water partition coefficient (Wildman–Crippen LogP) is 4.58. The highest BCUT2D eigenvalue weighted by atomic mass is 79.9. The molecular formula is C18H25BrN2O3. The second-order valence-electron chi connectivity index (χ2n) is 6.87. The zero-order valence-electron chi connectivity index (χ0n) is 14.9. The molecule has 0 radical (unpaired) electrons. The highest BCUT2D eigenvalue weighted by Gasteiger charge is 2.24. The van der Waals surface area contributed by atoms with Crippen LogP contribution in [0.1, 0.15) is 51.5 Å². The van der Waals surface area contributed by atoms with E-state index in [2.05, 4.69) is 33.1 Å². The largest absolute Gasteiger partial charge is 0.444 e. The summed E-state index contributed by atoms with van der Waals surface area (Å²) in [5.41, 5.74) is 2.68. The van der Waals surface area contributed by atoms with E-state index in [0.29, 0.717) is 13.1 Å². The van der Waals surface area contributed by atoms with Gasteiger partial charge in [0.05, 0.1) is 11.8 Å². The van der Waals surface area contributed by atoms with Gasteiger partial charge in [-0.2, -0.15) is 0 Å². The van der Waals surface area contributed by atoms with Gasteiger partial charge in [0.15, 0.2) is 0 Å². The van der Waals surface area contributed by atoms with Crippen LogP contribution in [0.25, 0.3) is 5.57 Å². The number of rotatable bonds is 3. The first-order valence-electron chi connectivity index (χ1n) is 8.07. The minimum absolute atomic E-state index is 0.0589. The number of amides is 1. The molecule has 2 rings (SSSR count). The van der Waals surface area contributed by atoms with Gasteiger partial charge in [-0.1, -0.05) is 6.08 Å². The van der Waals surface area contributed by atoms with Gasteiger partial charge in [-0.15, -0.1) is 0 Å². The molecule has 0 N–H and O–H groups in total. The van der Waals surface area contributed by atoms with E-state index >= 15 is 0 Å². The first-order chi connectivity index (χ1) is 11.2. The van der Waals surface area contributed by atoms with E-state index in [0.717, 1.165) is 22.2 Å². The standard InChI is InChI=1S/C18H25BrN2O3/c1-12(23-5)16-15(19)10-14(11-20-16)13-6-8-21(9-7-13)17(22)24-18(2,3)4/h6,10-12H,7-9H2,1-5H3/t12-/m0/s1. The Morgan fingerprint density at radius 3 is 2.62 bits per heavy atom. The van der Waals surface area contributed by atoms with Crippen LogP contribution >= 0.6 is 15.9 Å². The highest BCUT2D eigenvalue weighted by Crippen LogP contribution is 2.29. The molecule has 1 aromatic rings. The molecule has 0 fully saturated rings. The summed E-state index contributed by atoms with van der Waals surface area (Å²) in [7, 11) is 1.67. The fraction of sp³-hybridized carbons (Fsp3) is 0.556. The molecule has 0 spiro atoms. The van der Waals surface area contributed by atoms with Gasteiger partial charge < -0.3 is 14.4 Å². The Morgan fingerprint density at radius 1 is 1.42 bits per heavy atom. The second-order valence-corrected chi connectivity index (χ2v) is 7.73. The lowest BCUT2D eigenvalue weighted by Crippen LogP contribution is -2.39. The zero-order chi connectivity index (χ0) is 17.9. The van der Waals surface area contributed by atoms with E-state index in [-0.39, 0.29) is 12.2 Å². The molecule has 0 unspecified atom stereocenters. The maximum absolute atomic E-state index is 12.1. The smallest absolute Gasteiger partial charge is 0.410 e. The number of aromatic nitrogens is 1. The van der Waals surface area contributed by atoms with Crippen molar-refractivity contribution in [3.05, 3.63) is 34.1 Å². The van der Waals surface area contributed by atoms with Crippen molar-refractivity contribution < 1.29 is 14.3 Å². The van der Waals surface area contributed by atoms with E-state index in [1.54, 1.807) is 12.0 Å². The summed E-state index contributed by atoms with van der Waals surface area (Å²) in [5, 5.41) is 0. The number of ether oxygens (including phenoxy) is 2. The Bertz CT molecular complexity index is 638. The van der Waals surface area contributed by atoms with Crippen LogP contribution in [-0.4, -0.2) is 41.8 Å². The Balaban J connectivity index is 2.07. The Labute approximate surface area is 152 Å². The minimum Gasteiger partial charge on any atom is -0.444 e. The van der Waals surface area contributed by atoms with Crippen LogP contribution in [-0.2, 0) is 9.47 Å². The number of hydrogen-bond donors (Lipinski definition) is 0. The molecule has 1 atom stereocenters. The van der Waals surface area contributed by atoms with Crippen LogP contribution in [0.2, 0.25) is 0 Å². The number of carbonyl (C=O) groups is 1. The van der Waals surface area contributed by atoms with Gasteiger partial charge in [0, 0.05) is 30.9 Å². The maximum atomic E-state index is 12.1. The normalized spacial score (nSPS) is 16.6. The van der Waals surface area contributed by atoms with Crippen LogP contribution in [0, 0.1) is 0 Å². The number of pyridine rings is 1. The van der Waals surface area contributed by atoms with Gasteiger partial charge >= 0.3 is 6.09 Å². The number of carbonyl (C=O) groups excluding carboxylic acids is 1. The lowest BCUT2D eigenvalue weighted by molar-refractivity contribution is 0.0270. The van der Waals surface area contributed by atoms with Gasteiger partial charge in [0.2, 0.25) is 0 Å². The van der Waals surface area contributed by atoms with Gasteiger partial charge in [-0.25, -0.2) is 4.79 Å². The number of nitrogens with zero attached hydrogens (tertiary/aromatic N) is 2. The molecule has 2 heterocycles. The summed E-state index contributed by atoms with van der Waals surface area (Å²) < 4.78 is 11.7. The summed E-state index contributed by atoms with van der Waals surface area (Å²) in [4.78, 5) is 18.3. The highest BCUT2D eigenvalue weighted by molar-refractivity contribution is 9.10. The SMILES string of the molecule is CO[C@@H](C)c1ncc(C2=CCN(C(=O)OC(C)(C)C)CC2)cc1Br. The van der Waals surface area contributed by atoms with Gasteiger partial charge in [0.25, 0.3) is 0 Å². The van der Waals surface area contributed by atoms with Crippen LogP contribution in [0.3, 0.4) is 0 Å². The molecule has 0 aromatic carbocycles. The van der Waals surface area contributed by atoms with Gasteiger partial charge in [-0.05, 0) is 67.2 Å². The minimum atomic E-state index is -0.469. The van der Waals surface area contributed by atoms with Crippen molar-refractivity contribution in [3.8, 4) is 0 Å². The monoisotopic (exact) mass is 396 g/mol. The Hall–Kier alpha value is -1.40. The van der Waals surface area contributed by atoms with E-state index in [4.69, 9.17) is 9.47 Å². The number of hydrogen-bond acceptors (Lipinski definition) is 4. The second kappa shape index (κ2) is 7.66. The molecule has 132 valence electrons. The third-order valence-corrected chi connectivity index (χ3v) is 4.48. The predicted molar refractivity (Wildman–Crippen MR) is 97.8 cm³/mol. The first kappa shape index (κ1) is 18.9. The third-order valence-electron chi connectivity index (χ3n) is 3.84. The van der Waals surface area contributed by atoms with Gasteiger partial charge in [0.1, 0.15) is 5.60 Å². The Morgan fingerprint density at radius 2 is 2.12 bits per heavy atom. The maximum Gasteiger partial charge on any atom is 0.410 e. The Kier molecular flexibility index (Phi) is 6.04. The molecule has 0 aliphatic carbocycles. The molecule has 1 amide bonds. The third kappa shape index (κ3) is 4.80. The fourth-order valence-electron chi connectivity index (χ4n) is 2.46. The van der Waals surface area contributed by atoms with Crippen molar-refractivity contribution in [1.29, 1.82) is 0 Å². The van der Waals surface area contributed by atoms with Crippen molar-refractivity contribution in [3.63, 3.8) is 0 Å². The molecule has 1 aromatic heterocycles. The van der Waals surface area contributed by atoms with E-state index < -0.39 is 5.60 Å². The van der Waals surface area contributed by atoms with Crippen LogP contribution < -0.4 is 0 Å². The first-order valence-corrected chi connectivity index (χ1v) is 8.86. The van der Waals surface area contributed by atoms with Crippen LogP contribution in [0.5, 0.6) is 0 Å². The van der Waals surface area contributed by atoms with Crippen molar-refractivity contribution in [2.75, 3.05) is 20.2 Å². The molecule has 1 aliphatic rings. The van der Waals surface area contributed by atoms with E-state index in [1.807, 2.05) is 33.9 Å². The number of methoxy groups -OCH3 is 1. The fourth-order valence-corrected chi connectivity index (χ4v) is 3.13. The molecular weight excluding hydrogens is 372 g/mol. The average molecular weight is 397 g/mol. The van der Waals surface area contributed by atoms with E-state index in [1.165, 1.54) is 5.57 Å². The average Bonchev–Trinajstić information content (AvgIpc) is 2.52. The summed E-state index contributed by atoms with van der Waals surface area (Å²) in [6.45, 7) is 8.80. The molecule has 5 nitrogen and oxygen atoms in total. The molecule has 0 saturated heterocycles. The summed E-state index contributed by atoms with van der Waals surface area (Å²) in [6, 6.07) is 2.06. The van der Waals surface area contributed by atoms with E-state index in [9.17, 15) is 4.79 Å². The van der Waals surface area contributed by atoms with Gasteiger partial charge in [-0.3, -0.25) is 4.98 Å². The van der Waals surface area contributed by atoms with Crippen molar-refractivity contribution >= 4 is 27.6 Å². The molecule has 0 bridgehead atoms. The van der Waals surface area contributed by atoms with Crippen LogP contribution in [0.4, 0.5) is 4.79 Å². The molecule has 0 saturated carbocycles. The molecule has 6 heteroatoms. The van der Waals surface area contributed by atoms with Crippen molar-refractivity contribution in [1.82, 2.24) is 9.88 Å². The topological polar surface area (TPSA) is 51.7 Å². The summed E-state index contributed by atoms with van der Waals surface area (Å²) >= 11 is 3.57. The van der Waals surface area contributed by atoms with Crippen LogP contribution in [0.15, 0.2) is 22.8 Å². The lowest BCUT2D eigenvalue weighted by Gasteiger charge is -2.29. The number of halogens is 1. The van der Waals surface area contributed by atoms with Crippen molar-refractivity contribution in [2.45, 2.75) is 45.8 Å². The molecule has 24 heavy (non-hydrogen) atoms. The molecule has 1 aliphatic heterocycles. The summed E-state index contributed by atoms with van der Waals surface area (Å²) in [5.74, 6) is 0. The van der Waals surface area contributed by atoms with Crippen molar-refractivity contribution in [2.24, 2.45) is 0 Å². The summed E-state index contributed by atoms with van der Waals surface area (Å²) in [6.07, 6.45) is 4.39. The lowest BCUT2D eigenvalue weighted by atomic mass is 10.0. The zero-order valence-corrected chi connectivity index (χ0v) is 16.5.